The number of rotatable bonds is 8. The number of nitrogens with zero attached hydrogens (tertiary/aromatic N) is 2. The zero-order chi connectivity index (χ0) is 37.3. The Morgan fingerprint density at radius 1 is 0.214 bits per heavy atom. The van der Waals surface area contributed by atoms with Gasteiger partial charge in [-0.15, -0.1) is 0 Å². The summed E-state index contributed by atoms with van der Waals surface area (Å²) in [6, 6.07) is 83.1. The molecule has 10 aromatic carbocycles. The molecule has 0 aliphatic heterocycles. The second kappa shape index (κ2) is 14.4. The van der Waals surface area contributed by atoms with Gasteiger partial charge >= 0.3 is 0 Å². The molecule has 0 spiro atoms. The van der Waals surface area contributed by atoms with Gasteiger partial charge in [-0.2, -0.15) is 0 Å². The third-order valence-corrected chi connectivity index (χ3v) is 10.8. The summed E-state index contributed by atoms with van der Waals surface area (Å²) < 4.78 is 0. The summed E-state index contributed by atoms with van der Waals surface area (Å²) in [4.78, 5) is 4.76. The minimum absolute atomic E-state index is 1.11. The van der Waals surface area contributed by atoms with Crippen LogP contribution in [0.1, 0.15) is 0 Å². The van der Waals surface area contributed by atoms with E-state index in [1.54, 1.807) is 0 Å². The lowest BCUT2D eigenvalue weighted by atomic mass is 9.95. The first-order chi connectivity index (χ1) is 27.8. The Kier molecular flexibility index (Phi) is 8.55. The summed E-state index contributed by atoms with van der Waals surface area (Å²) in [5.41, 5.74) is 11.5. The molecule has 0 saturated heterocycles. The standard InChI is InChI=1S/C54H38N2/c1-5-16-39(17-6-1)42-20-13-26-46(36-42)55(44-22-9-3-10-23-44)48-32-30-41-31-33-50-49-28-15-29-54(52(49)35-34-51(50)53(41)38-48)56(45-24-11-4-12-25-45)47-27-14-21-43(37-47)40-18-7-2-8-19-40/h1-38H. The van der Waals surface area contributed by atoms with Gasteiger partial charge in [0.05, 0.1) is 5.69 Å². The summed E-state index contributed by atoms with van der Waals surface area (Å²) >= 11 is 0. The summed E-state index contributed by atoms with van der Waals surface area (Å²) in [7, 11) is 0. The first-order valence-corrected chi connectivity index (χ1v) is 19.2. The van der Waals surface area contributed by atoms with E-state index in [-0.39, 0.29) is 0 Å². The van der Waals surface area contributed by atoms with Gasteiger partial charge in [0.2, 0.25) is 0 Å². The minimum atomic E-state index is 1.11. The van der Waals surface area contributed by atoms with Gasteiger partial charge in [0.15, 0.2) is 0 Å². The fourth-order valence-corrected chi connectivity index (χ4v) is 8.15. The van der Waals surface area contributed by atoms with Crippen LogP contribution in [0.4, 0.5) is 34.1 Å². The highest BCUT2D eigenvalue weighted by molar-refractivity contribution is 6.20. The molecule has 10 rings (SSSR count). The Hall–Kier alpha value is -7.42. The SMILES string of the molecule is c1ccc(-c2cccc(N(c3ccccc3)c3ccc4ccc5c6cccc(N(c7ccccc7)c7cccc(-c8ccccc8)c7)c6ccc5c4c3)c2)cc1. The Morgan fingerprint density at radius 3 is 1.25 bits per heavy atom. The molecule has 0 saturated carbocycles. The average molecular weight is 715 g/mol. The normalized spacial score (nSPS) is 11.2. The van der Waals surface area contributed by atoms with Crippen molar-refractivity contribution in [1.82, 2.24) is 0 Å². The molecule has 10 aromatic rings. The van der Waals surface area contributed by atoms with E-state index in [1.165, 1.54) is 54.6 Å². The number of anilines is 6. The molecule has 2 nitrogen and oxygen atoms in total. The average Bonchev–Trinajstić information content (AvgIpc) is 3.28. The zero-order valence-corrected chi connectivity index (χ0v) is 30.8. The highest BCUT2D eigenvalue weighted by Crippen LogP contribution is 2.44. The van der Waals surface area contributed by atoms with Crippen molar-refractivity contribution >= 4 is 66.4 Å². The molecule has 0 radical (unpaired) electrons. The van der Waals surface area contributed by atoms with Crippen molar-refractivity contribution in [2.24, 2.45) is 0 Å². The van der Waals surface area contributed by atoms with Gasteiger partial charge in [-0.3, -0.25) is 0 Å². The molecule has 0 aliphatic carbocycles. The Morgan fingerprint density at radius 2 is 0.625 bits per heavy atom. The van der Waals surface area contributed by atoms with E-state index in [9.17, 15) is 0 Å². The van der Waals surface area contributed by atoms with Gasteiger partial charge in [0.25, 0.3) is 0 Å². The van der Waals surface area contributed by atoms with E-state index in [0.717, 1.165) is 34.1 Å². The molecule has 0 fully saturated rings. The molecule has 0 heterocycles. The fraction of sp³-hybridized carbons (Fsp3) is 0. The zero-order valence-electron chi connectivity index (χ0n) is 30.8. The number of hydrogen-bond acceptors (Lipinski definition) is 2. The summed E-state index contributed by atoms with van der Waals surface area (Å²) in [5.74, 6) is 0. The van der Waals surface area contributed by atoms with Crippen LogP contribution < -0.4 is 9.80 Å². The number of hydrogen-bond donors (Lipinski definition) is 0. The maximum Gasteiger partial charge on any atom is 0.0540 e. The maximum atomic E-state index is 2.39. The van der Waals surface area contributed by atoms with E-state index in [0.29, 0.717) is 0 Å². The third kappa shape index (κ3) is 6.14. The van der Waals surface area contributed by atoms with E-state index in [1.807, 2.05) is 0 Å². The fourth-order valence-electron chi connectivity index (χ4n) is 8.15. The number of fused-ring (bicyclic) bond motifs is 5. The molecule has 0 amide bonds. The van der Waals surface area contributed by atoms with E-state index >= 15 is 0 Å². The van der Waals surface area contributed by atoms with Gasteiger partial charge in [-0.05, 0) is 116 Å². The molecule has 0 aliphatic rings. The largest absolute Gasteiger partial charge is 0.310 e. The van der Waals surface area contributed by atoms with Gasteiger partial charge in [0, 0.05) is 33.8 Å². The second-order valence-corrected chi connectivity index (χ2v) is 14.2. The Balaban J connectivity index is 1.13. The molecular formula is C54H38N2. The van der Waals surface area contributed by atoms with Crippen molar-refractivity contribution < 1.29 is 0 Å². The molecule has 0 N–H and O–H groups in total. The van der Waals surface area contributed by atoms with E-state index in [2.05, 4.69) is 240 Å². The topological polar surface area (TPSA) is 6.48 Å². The molecule has 56 heavy (non-hydrogen) atoms. The third-order valence-electron chi connectivity index (χ3n) is 10.8. The van der Waals surface area contributed by atoms with Crippen LogP contribution in [0.25, 0.3) is 54.6 Å². The molecule has 0 unspecified atom stereocenters. The van der Waals surface area contributed by atoms with Crippen LogP contribution in [0.5, 0.6) is 0 Å². The Labute approximate surface area is 327 Å². The smallest absolute Gasteiger partial charge is 0.0540 e. The van der Waals surface area contributed by atoms with Crippen LogP contribution in [0.3, 0.4) is 0 Å². The Bertz CT molecular complexity index is 2950. The van der Waals surface area contributed by atoms with Crippen molar-refractivity contribution in [1.29, 1.82) is 0 Å². The summed E-state index contributed by atoms with van der Waals surface area (Å²) in [6.07, 6.45) is 0. The molecule has 264 valence electrons. The van der Waals surface area contributed by atoms with Gasteiger partial charge in [0.1, 0.15) is 0 Å². The molecule has 0 bridgehead atoms. The summed E-state index contributed by atoms with van der Waals surface area (Å²) in [6.45, 7) is 0. The van der Waals surface area contributed by atoms with Gasteiger partial charge in [-0.25, -0.2) is 0 Å². The number of benzene rings is 10. The van der Waals surface area contributed by atoms with Gasteiger partial charge in [-0.1, -0.05) is 164 Å². The van der Waals surface area contributed by atoms with Crippen molar-refractivity contribution in [2.75, 3.05) is 9.80 Å². The number of para-hydroxylation sites is 2. The van der Waals surface area contributed by atoms with Crippen LogP contribution in [-0.4, -0.2) is 0 Å². The van der Waals surface area contributed by atoms with Crippen molar-refractivity contribution in [3.05, 3.63) is 231 Å². The highest BCUT2D eigenvalue weighted by Gasteiger charge is 2.19. The van der Waals surface area contributed by atoms with E-state index < -0.39 is 0 Å². The minimum Gasteiger partial charge on any atom is -0.310 e. The van der Waals surface area contributed by atoms with Crippen LogP contribution in [0.2, 0.25) is 0 Å². The monoisotopic (exact) mass is 714 g/mol. The van der Waals surface area contributed by atoms with Crippen LogP contribution in [-0.2, 0) is 0 Å². The summed E-state index contributed by atoms with van der Waals surface area (Å²) in [5, 5.41) is 7.33. The van der Waals surface area contributed by atoms with Crippen molar-refractivity contribution in [3.63, 3.8) is 0 Å². The molecule has 0 aromatic heterocycles. The predicted molar refractivity (Wildman–Crippen MR) is 239 cm³/mol. The maximum absolute atomic E-state index is 2.39. The van der Waals surface area contributed by atoms with Crippen LogP contribution >= 0.6 is 0 Å². The van der Waals surface area contributed by atoms with Crippen LogP contribution in [0, 0.1) is 0 Å². The lowest BCUT2D eigenvalue weighted by molar-refractivity contribution is 1.29. The first-order valence-electron chi connectivity index (χ1n) is 19.2. The second-order valence-electron chi connectivity index (χ2n) is 14.2. The quantitative estimate of drug-likeness (QED) is 0.145. The molecular weight excluding hydrogens is 677 g/mol. The lowest BCUT2D eigenvalue weighted by Crippen LogP contribution is -2.10. The first kappa shape index (κ1) is 33.2. The predicted octanol–water partition coefficient (Wildman–Crippen LogP) is 15.4. The highest BCUT2D eigenvalue weighted by atomic mass is 15.1. The van der Waals surface area contributed by atoms with Crippen molar-refractivity contribution in [3.8, 4) is 22.3 Å². The van der Waals surface area contributed by atoms with Crippen LogP contribution in [0.15, 0.2) is 231 Å². The van der Waals surface area contributed by atoms with Gasteiger partial charge < -0.3 is 9.80 Å². The van der Waals surface area contributed by atoms with Crippen molar-refractivity contribution in [2.45, 2.75) is 0 Å². The lowest BCUT2D eigenvalue weighted by Gasteiger charge is -2.28. The van der Waals surface area contributed by atoms with E-state index in [4.69, 9.17) is 0 Å². The molecule has 0 atom stereocenters. The molecule has 2 heteroatoms.